The fourth-order valence-corrected chi connectivity index (χ4v) is 2.71. The number of hydrogen-bond donors (Lipinski definition) is 2. The van der Waals surface area contributed by atoms with E-state index in [1.165, 1.54) is 6.07 Å². The standard InChI is InChI=1S/C13H16N4O3/c14-10-3-1-2-9(12(10)17(19)20)11-13(18)16(7-6-15-11)8-4-5-8/h1-3,8,11,15H,4-7,14H2. The maximum Gasteiger partial charge on any atom is 0.297 e. The van der Waals surface area contributed by atoms with Crippen molar-refractivity contribution in [3.05, 3.63) is 33.9 Å². The molecule has 1 aromatic rings. The minimum Gasteiger partial charge on any atom is -0.393 e. The second kappa shape index (κ2) is 4.75. The first kappa shape index (κ1) is 12.9. The zero-order chi connectivity index (χ0) is 14.3. The summed E-state index contributed by atoms with van der Waals surface area (Å²) in [6, 6.07) is 4.36. The van der Waals surface area contributed by atoms with Crippen molar-refractivity contribution >= 4 is 17.3 Å². The minimum absolute atomic E-state index is 0.0886. The first-order chi connectivity index (χ1) is 9.59. The van der Waals surface area contributed by atoms with Crippen LogP contribution in [-0.4, -0.2) is 34.9 Å². The van der Waals surface area contributed by atoms with Crippen molar-refractivity contribution in [2.24, 2.45) is 0 Å². The largest absolute Gasteiger partial charge is 0.393 e. The van der Waals surface area contributed by atoms with Crippen LogP contribution in [0.1, 0.15) is 24.4 Å². The summed E-state index contributed by atoms with van der Waals surface area (Å²) in [6.07, 6.45) is 2.05. The van der Waals surface area contributed by atoms with Gasteiger partial charge >= 0.3 is 0 Å². The zero-order valence-corrected chi connectivity index (χ0v) is 10.9. The number of benzene rings is 1. The van der Waals surface area contributed by atoms with E-state index in [1.807, 2.05) is 4.90 Å². The van der Waals surface area contributed by atoms with Crippen molar-refractivity contribution in [2.45, 2.75) is 24.9 Å². The highest BCUT2D eigenvalue weighted by Crippen LogP contribution is 2.35. The number of nitro groups is 1. The Morgan fingerprint density at radius 2 is 2.15 bits per heavy atom. The van der Waals surface area contributed by atoms with Crippen molar-refractivity contribution in [1.29, 1.82) is 0 Å². The Balaban J connectivity index is 1.97. The monoisotopic (exact) mass is 276 g/mol. The molecule has 7 nitrogen and oxygen atoms in total. The van der Waals surface area contributed by atoms with Gasteiger partial charge in [-0.25, -0.2) is 0 Å². The Kier molecular flexibility index (Phi) is 3.06. The molecule has 0 aromatic heterocycles. The fourth-order valence-electron chi connectivity index (χ4n) is 2.71. The number of amides is 1. The van der Waals surface area contributed by atoms with E-state index in [2.05, 4.69) is 5.32 Å². The number of carbonyl (C=O) groups is 1. The van der Waals surface area contributed by atoms with E-state index in [1.54, 1.807) is 12.1 Å². The van der Waals surface area contributed by atoms with Gasteiger partial charge in [0, 0.05) is 19.1 Å². The number of nitrogens with one attached hydrogen (secondary N) is 1. The normalized spacial score (nSPS) is 22.9. The van der Waals surface area contributed by atoms with Crippen LogP contribution < -0.4 is 11.1 Å². The van der Waals surface area contributed by atoms with Gasteiger partial charge in [0.1, 0.15) is 11.7 Å². The van der Waals surface area contributed by atoms with Crippen LogP contribution in [0.4, 0.5) is 11.4 Å². The minimum atomic E-state index is -0.673. The second-order valence-electron chi connectivity index (χ2n) is 5.19. The fraction of sp³-hybridized carbons (Fsp3) is 0.462. The number of nitrogen functional groups attached to an aromatic ring is 1. The van der Waals surface area contributed by atoms with Gasteiger partial charge in [-0.1, -0.05) is 6.07 Å². The molecule has 3 rings (SSSR count). The molecule has 1 aliphatic carbocycles. The molecule has 0 radical (unpaired) electrons. The summed E-state index contributed by atoms with van der Waals surface area (Å²) in [6.45, 7) is 1.30. The predicted octanol–water partition coefficient (Wildman–Crippen LogP) is 0.812. The van der Waals surface area contributed by atoms with Gasteiger partial charge in [0.05, 0.1) is 10.5 Å². The molecule has 1 amide bonds. The summed E-state index contributed by atoms with van der Waals surface area (Å²) in [5.74, 6) is -0.0903. The predicted molar refractivity (Wildman–Crippen MR) is 73.0 cm³/mol. The number of carbonyl (C=O) groups excluding carboxylic acids is 1. The van der Waals surface area contributed by atoms with Crippen molar-refractivity contribution in [3.8, 4) is 0 Å². The summed E-state index contributed by atoms with van der Waals surface area (Å²) in [7, 11) is 0. The van der Waals surface area contributed by atoms with Crippen molar-refractivity contribution < 1.29 is 9.72 Å². The Bertz CT molecular complexity index is 571. The lowest BCUT2D eigenvalue weighted by atomic mass is 10.0. The molecule has 1 atom stereocenters. The summed E-state index contributed by atoms with van der Waals surface area (Å²) < 4.78 is 0. The Morgan fingerprint density at radius 1 is 1.40 bits per heavy atom. The molecule has 1 unspecified atom stereocenters. The van der Waals surface area contributed by atoms with E-state index in [0.29, 0.717) is 24.7 Å². The molecule has 0 spiro atoms. The highest BCUT2D eigenvalue weighted by atomic mass is 16.6. The number of hydrogen-bond acceptors (Lipinski definition) is 5. The quantitative estimate of drug-likeness (QED) is 0.483. The SMILES string of the molecule is Nc1cccc(C2NCCN(C3CC3)C2=O)c1[N+](=O)[O-]. The van der Waals surface area contributed by atoms with Crippen LogP contribution >= 0.6 is 0 Å². The molecule has 20 heavy (non-hydrogen) atoms. The average Bonchev–Trinajstić information content (AvgIpc) is 3.22. The smallest absolute Gasteiger partial charge is 0.297 e. The summed E-state index contributed by atoms with van der Waals surface area (Å²) >= 11 is 0. The summed E-state index contributed by atoms with van der Waals surface area (Å²) in [5, 5.41) is 14.3. The van der Waals surface area contributed by atoms with Crippen molar-refractivity contribution in [2.75, 3.05) is 18.8 Å². The first-order valence-electron chi connectivity index (χ1n) is 6.66. The highest BCUT2D eigenvalue weighted by Gasteiger charge is 2.40. The van der Waals surface area contributed by atoms with E-state index in [9.17, 15) is 14.9 Å². The Labute approximate surface area is 115 Å². The molecule has 1 saturated heterocycles. The Hall–Kier alpha value is -2.15. The van der Waals surface area contributed by atoms with Gasteiger partial charge in [-0.2, -0.15) is 0 Å². The van der Waals surface area contributed by atoms with E-state index < -0.39 is 11.0 Å². The van der Waals surface area contributed by atoms with Gasteiger partial charge in [0.15, 0.2) is 0 Å². The van der Waals surface area contributed by atoms with Gasteiger partial charge in [0.2, 0.25) is 5.91 Å². The number of para-hydroxylation sites is 1. The third kappa shape index (κ3) is 2.09. The van der Waals surface area contributed by atoms with Gasteiger partial charge in [-0.05, 0) is 25.0 Å². The van der Waals surface area contributed by atoms with E-state index in [4.69, 9.17) is 5.73 Å². The van der Waals surface area contributed by atoms with Gasteiger partial charge in [-0.15, -0.1) is 0 Å². The molecule has 3 N–H and O–H groups in total. The number of nitrogens with two attached hydrogens (primary N) is 1. The lowest BCUT2D eigenvalue weighted by Gasteiger charge is -2.33. The first-order valence-corrected chi connectivity index (χ1v) is 6.66. The summed E-state index contributed by atoms with van der Waals surface area (Å²) in [4.78, 5) is 25.0. The van der Waals surface area contributed by atoms with Crippen LogP contribution in [0.15, 0.2) is 18.2 Å². The molecule has 2 aliphatic rings. The van der Waals surface area contributed by atoms with Crippen LogP contribution in [-0.2, 0) is 4.79 Å². The van der Waals surface area contributed by atoms with Crippen molar-refractivity contribution in [1.82, 2.24) is 10.2 Å². The number of piperazine rings is 1. The zero-order valence-electron chi connectivity index (χ0n) is 10.9. The molecular weight excluding hydrogens is 260 g/mol. The van der Waals surface area contributed by atoms with Gasteiger partial charge < -0.3 is 16.0 Å². The lowest BCUT2D eigenvalue weighted by molar-refractivity contribution is -0.384. The third-order valence-electron chi connectivity index (χ3n) is 3.81. The molecule has 106 valence electrons. The Morgan fingerprint density at radius 3 is 2.80 bits per heavy atom. The van der Waals surface area contributed by atoms with Crippen LogP contribution in [0.25, 0.3) is 0 Å². The van der Waals surface area contributed by atoms with E-state index in [0.717, 1.165) is 12.8 Å². The van der Waals surface area contributed by atoms with E-state index >= 15 is 0 Å². The van der Waals surface area contributed by atoms with Crippen LogP contribution in [0.5, 0.6) is 0 Å². The molecule has 0 bridgehead atoms. The molecular formula is C13H16N4O3. The average molecular weight is 276 g/mol. The number of rotatable bonds is 3. The number of nitro benzene ring substituents is 1. The van der Waals surface area contributed by atoms with Crippen LogP contribution in [0.3, 0.4) is 0 Å². The molecule has 1 heterocycles. The van der Waals surface area contributed by atoms with Crippen molar-refractivity contribution in [3.63, 3.8) is 0 Å². The molecule has 2 fully saturated rings. The lowest BCUT2D eigenvalue weighted by Crippen LogP contribution is -2.51. The topological polar surface area (TPSA) is 102 Å². The molecule has 7 heteroatoms. The maximum absolute atomic E-state index is 12.5. The van der Waals surface area contributed by atoms with E-state index in [-0.39, 0.29) is 17.3 Å². The molecule has 1 aromatic carbocycles. The van der Waals surface area contributed by atoms with Crippen LogP contribution in [0, 0.1) is 10.1 Å². The molecule has 1 aliphatic heterocycles. The highest BCUT2D eigenvalue weighted by molar-refractivity contribution is 5.87. The second-order valence-corrected chi connectivity index (χ2v) is 5.19. The third-order valence-corrected chi connectivity index (χ3v) is 3.81. The van der Waals surface area contributed by atoms with Gasteiger partial charge in [-0.3, -0.25) is 14.9 Å². The number of anilines is 1. The van der Waals surface area contributed by atoms with Gasteiger partial charge in [0.25, 0.3) is 5.69 Å². The molecule has 1 saturated carbocycles. The van der Waals surface area contributed by atoms with Crippen LogP contribution in [0.2, 0.25) is 0 Å². The maximum atomic E-state index is 12.5. The number of nitrogens with zero attached hydrogens (tertiary/aromatic N) is 2. The summed E-state index contributed by atoms with van der Waals surface area (Å²) in [5.41, 5.74) is 5.96.